The molecule has 30 heavy (non-hydrogen) atoms. The van der Waals surface area contributed by atoms with Crippen molar-refractivity contribution in [1.82, 2.24) is 9.80 Å². The second-order valence-corrected chi connectivity index (χ2v) is 8.44. The van der Waals surface area contributed by atoms with E-state index in [1.165, 1.54) is 0 Å². The fraction of sp³-hybridized carbons (Fsp3) is 0.417. The monoisotopic (exact) mass is 427 g/mol. The predicted octanol–water partition coefficient (Wildman–Crippen LogP) is 3.98. The Bertz CT molecular complexity index is 921. The number of piperazine rings is 1. The minimum Gasteiger partial charge on any atom is -0.340 e. The number of nitrogens with one attached hydrogen (secondary N) is 1. The Morgan fingerprint density at radius 2 is 1.73 bits per heavy atom. The van der Waals surface area contributed by atoms with E-state index in [1.54, 1.807) is 0 Å². The van der Waals surface area contributed by atoms with Crippen molar-refractivity contribution < 1.29 is 9.59 Å². The van der Waals surface area contributed by atoms with E-state index in [1.807, 2.05) is 62.1 Å². The van der Waals surface area contributed by atoms with Crippen molar-refractivity contribution in [2.75, 3.05) is 38.0 Å². The van der Waals surface area contributed by atoms with Gasteiger partial charge in [0, 0.05) is 43.3 Å². The fourth-order valence-electron chi connectivity index (χ4n) is 3.64. The molecule has 0 radical (unpaired) electrons. The highest BCUT2D eigenvalue weighted by molar-refractivity contribution is 6.31. The van der Waals surface area contributed by atoms with Gasteiger partial charge in [0.05, 0.1) is 6.54 Å². The molecule has 1 heterocycles. The molecule has 0 atom stereocenters. The van der Waals surface area contributed by atoms with Crippen molar-refractivity contribution in [3.63, 3.8) is 0 Å². The maximum absolute atomic E-state index is 12.6. The lowest BCUT2D eigenvalue weighted by Crippen LogP contribution is -2.50. The molecule has 6 heteroatoms. The van der Waals surface area contributed by atoms with Gasteiger partial charge in [0.25, 0.3) is 0 Å². The van der Waals surface area contributed by atoms with E-state index in [9.17, 15) is 9.59 Å². The minimum absolute atomic E-state index is 0.0141. The Morgan fingerprint density at radius 1 is 1.00 bits per heavy atom. The molecule has 1 fully saturated rings. The zero-order valence-electron chi connectivity index (χ0n) is 18.0. The molecule has 1 aliphatic rings. The van der Waals surface area contributed by atoms with Crippen molar-refractivity contribution in [2.45, 2.75) is 33.6 Å². The molecule has 2 aromatic carbocycles. The topological polar surface area (TPSA) is 52.7 Å². The van der Waals surface area contributed by atoms with Crippen LogP contribution in [0.3, 0.4) is 0 Å². The highest BCUT2D eigenvalue weighted by Gasteiger charge is 2.22. The third-order valence-corrected chi connectivity index (χ3v) is 6.24. The lowest BCUT2D eigenvalue weighted by atomic mass is 10.1. The molecule has 1 saturated heterocycles. The number of anilines is 1. The summed E-state index contributed by atoms with van der Waals surface area (Å²) in [5.41, 5.74) is 5.25. The van der Waals surface area contributed by atoms with Crippen molar-refractivity contribution in [2.24, 2.45) is 0 Å². The van der Waals surface area contributed by atoms with Crippen LogP contribution in [0.4, 0.5) is 5.69 Å². The van der Waals surface area contributed by atoms with Gasteiger partial charge in [-0.1, -0.05) is 35.9 Å². The lowest BCUT2D eigenvalue weighted by molar-refractivity contribution is -0.133. The van der Waals surface area contributed by atoms with Gasteiger partial charge < -0.3 is 10.2 Å². The normalized spacial score (nSPS) is 14.6. The summed E-state index contributed by atoms with van der Waals surface area (Å²) in [6, 6.07) is 11.9. The summed E-state index contributed by atoms with van der Waals surface area (Å²) in [6.45, 7) is 9.10. The first-order valence-corrected chi connectivity index (χ1v) is 10.8. The standard InChI is InChI=1S/C24H30ClN3O2/c1-17-5-4-6-22(19(17)3)26-23(29)16-27-11-13-28(14-12-27)24(30)10-9-20-8-7-18(2)21(25)15-20/h4-8,15H,9-14,16H2,1-3H3,(H,26,29). The fourth-order valence-corrected chi connectivity index (χ4v) is 3.84. The Labute approximate surface area is 184 Å². The van der Waals surface area contributed by atoms with Crippen LogP contribution in [0.1, 0.15) is 28.7 Å². The molecule has 2 amide bonds. The summed E-state index contributed by atoms with van der Waals surface area (Å²) < 4.78 is 0. The Balaban J connectivity index is 1.42. The quantitative estimate of drug-likeness (QED) is 0.758. The first kappa shape index (κ1) is 22.3. The molecule has 0 aromatic heterocycles. The molecule has 1 N–H and O–H groups in total. The first-order chi connectivity index (χ1) is 14.3. The van der Waals surface area contributed by atoms with E-state index >= 15 is 0 Å². The van der Waals surface area contributed by atoms with Crippen LogP contribution < -0.4 is 5.32 Å². The van der Waals surface area contributed by atoms with Crippen LogP contribution in [0, 0.1) is 20.8 Å². The zero-order chi connectivity index (χ0) is 21.7. The van der Waals surface area contributed by atoms with Gasteiger partial charge in [0.2, 0.25) is 11.8 Å². The van der Waals surface area contributed by atoms with Gasteiger partial charge in [-0.2, -0.15) is 0 Å². The molecule has 0 bridgehead atoms. The van der Waals surface area contributed by atoms with E-state index in [-0.39, 0.29) is 11.8 Å². The first-order valence-electron chi connectivity index (χ1n) is 10.4. The lowest BCUT2D eigenvalue weighted by Gasteiger charge is -2.34. The second-order valence-electron chi connectivity index (χ2n) is 8.04. The number of hydrogen-bond donors (Lipinski definition) is 1. The van der Waals surface area contributed by atoms with Gasteiger partial charge in [-0.3, -0.25) is 14.5 Å². The van der Waals surface area contributed by atoms with Crippen LogP contribution >= 0.6 is 11.6 Å². The van der Waals surface area contributed by atoms with E-state index in [0.29, 0.717) is 45.6 Å². The highest BCUT2D eigenvalue weighted by Crippen LogP contribution is 2.19. The maximum atomic E-state index is 12.6. The third kappa shape index (κ3) is 5.83. The van der Waals surface area contributed by atoms with Gasteiger partial charge in [-0.15, -0.1) is 0 Å². The number of halogens is 1. The average molecular weight is 428 g/mol. The maximum Gasteiger partial charge on any atom is 0.238 e. The van der Waals surface area contributed by atoms with Gasteiger partial charge >= 0.3 is 0 Å². The summed E-state index contributed by atoms with van der Waals surface area (Å²) in [7, 11) is 0. The molecule has 0 unspecified atom stereocenters. The molecule has 0 spiro atoms. The highest BCUT2D eigenvalue weighted by atomic mass is 35.5. The van der Waals surface area contributed by atoms with Crippen LogP contribution in [0.25, 0.3) is 0 Å². The average Bonchev–Trinajstić information content (AvgIpc) is 2.72. The van der Waals surface area contributed by atoms with Gasteiger partial charge in [0.15, 0.2) is 0 Å². The van der Waals surface area contributed by atoms with Crippen LogP contribution in [0.5, 0.6) is 0 Å². The largest absolute Gasteiger partial charge is 0.340 e. The van der Waals surface area contributed by atoms with E-state index in [0.717, 1.165) is 33.0 Å². The molecule has 0 saturated carbocycles. The summed E-state index contributed by atoms with van der Waals surface area (Å²) >= 11 is 6.17. The number of nitrogens with zero attached hydrogens (tertiary/aromatic N) is 2. The minimum atomic E-state index is -0.0141. The van der Waals surface area contributed by atoms with Gasteiger partial charge in [0.1, 0.15) is 0 Å². The number of aryl methyl sites for hydroxylation is 3. The van der Waals surface area contributed by atoms with Crippen molar-refractivity contribution >= 4 is 29.1 Å². The molecule has 160 valence electrons. The third-order valence-electron chi connectivity index (χ3n) is 5.83. The smallest absolute Gasteiger partial charge is 0.238 e. The summed E-state index contributed by atoms with van der Waals surface area (Å²) in [6.07, 6.45) is 1.17. The molecular formula is C24H30ClN3O2. The van der Waals surface area contributed by atoms with Crippen LogP contribution in [-0.4, -0.2) is 54.3 Å². The number of carbonyl (C=O) groups is 2. The second kappa shape index (κ2) is 10.1. The van der Waals surface area contributed by atoms with Crippen molar-refractivity contribution in [3.05, 3.63) is 63.7 Å². The summed E-state index contributed by atoms with van der Waals surface area (Å²) in [5.74, 6) is 0.144. The van der Waals surface area contributed by atoms with Gasteiger partial charge in [-0.05, 0) is 61.6 Å². The van der Waals surface area contributed by atoms with E-state index in [2.05, 4.69) is 10.2 Å². The molecular weight excluding hydrogens is 398 g/mol. The predicted molar refractivity (Wildman–Crippen MR) is 122 cm³/mol. The van der Waals surface area contributed by atoms with Crippen LogP contribution in [0.2, 0.25) is 5.02 Å². The number of hydrogen-bond acceptors (Lipinski definition) is 3. The SMILES string of the molecule is Cc1ccc(CCC(=O)N2CCN(CC(=O)Nc3cccc(C)c3C)CC2)cc1Cl. The number of carbonyl (C=O) groups excluding carboxylic acids is 2. The van der Waals surface area contributed by atoms with Crippen molar-refractivity contribution in [3.8, 4) is 0 Å². The van der Waals surface area contributed by atoms with Gasteiger partial charge in [-0.25, -0.2) is 0 Å². The van der Waals surface area contributed by atoms with Crippen LogP contribution in [0.15, 0.2) is 36.4 Å². The number of benzene rings is 2. The molecule has 5 nitrogen and oxygen atoms in total. The van der Waals surface area contributed by atoms with E-state index < -0.39 is 0 Å². The Morgan fingerprint density at radius 3 is 2.43 bits per heavy atom. The summed E-state index contributed by atoms with van der Waals surface area (Å²) in [5, 5.41) is 3.75. The molecule has 1 aliphatic heterocycles. The molecule has 0 aliphatic carbocycles. The summed E-state index contributed by atoms with van der Waals surface area (Å²) in [4.78, 5) is 29.0. The zero-order valence-corrected chi connectivity index (χ0v) is 18.8. The number of amides is 2. The molecule has 3 rings (SSSR count). The Kier molecular flexibility index (Phi) is 7.51. The molecule has 2 aromatic rings. The van der Waals surface area contributed by atoms with E-state index in [4.69, 9.17) is 11.6 Å². The number of rotatable bonds is 6. The van der Waals surface area contributed by atoms with Crippen LogP contribution in [-0.2, 0) is 16.0 Å². The Hall–Kier alpha value is -2.37. The van der Waals surface area contributed by atoms with Crippen molar-refractivity contribution in [1.29, 1.82) is 0 Å².